The van der Waals surface area contributed by atoms with Gasteiger partial charge < -0.3 is 9.80 Å². The average Bonchev–Trinajstić information content (AvgIpc) is 2.74. The number of hydrogen-bond donors (Lipinski definition) is 0. The number of nitrogens with zero attached hydrogens (tertiary/aromatic N) is 4. The highest BCUT2D eigenvalue weighted by atomic mass is 16.1. The minimum Gasteiger partial charge on any atom is -0.359 e. The van der Waals surface area contributed by atoms with Crippen molar-refractivity contribution in [2.24, 2.45) is 5.92 Å². The molecule has 1 fully saturated rings. The van der Waals surface area contributed by atoms with Gasteiger partial charge in [-0.3, -0.25) is 4.79 Å². The van der Waals surface area contributed by atoms with Crippen LogP contribution in [-0.4, -0.2) is 42.4 Å². The molecule has 0 amide bonds. The summed E-state index contributed by atoms with van der Waals surface area (Å²) in [6, 6.07) is 1.98. The molecule has 19 heavy (non-hydrogen) atoms. The number of carbonyl (C=O) groups is 1. The van der Waals surface area contributed by atoms with E-state index in [2.05, 4.69) is 28.7 Å². The molecule has 0 atom stereocenters. The van der Waals surface area contributed by atoms with E-state index in [1.807, 2.05) is 24.9 Å². The first-order valence-corrected chi connectivity index (χ1v) is 6.79. The van der Waals surface area contributed by atoms with E-state index in [9.17, 15) is 4.79 Å². The predicted molar refractivity (Wildman–Crippen MR) is 76.7 cm³/mol. The first-order valence-electron chi connectivity index (χ1n) is 6.79. The fourth-order valence-corrected chi connectivity index (χ4v) is 2.36. The molecule has 1 saturated heterocycles. The van der Waals surface area contributed by atoms with Crippen LogP contribution in [0.4, 0.5) is 11.6 Å². The van der Waals surface area contributed by atoms with Crippen LogP contribution in [0.25, 0.3) is 0 Å². The molecule has 0 N–H and O–H groups in total. The molecule has 0 saturated carbocycles. The Morgan fingerprint density at radius 3 is 2.74 bits per heavy atom. The van der Waals surface area contributed by atoms with Crippen molar-refractivity contribution in [3.63, 3.8) is 0 Å². The van der Waals surface area contributed by atoms with Crippen LogP contribution in [-0.2, 0) is 4.79 Å². The Labute approximate surface area is 114 Å². The van der Waals surface area contributed by atoms with Gasteiger partial charge in [0.2, 0.25) is 0 Å². The molecule has 104 valence electrons. The van der Waals surface area contributed by atoms with Gasteiger partial charge in [-0.25, -0.2) is 9.97 Å². The van der Waals surface area contributed by atoms with E-state index in [-0.39, 0.29) is 5.78 Å². The first-order chi connectivity index (χ1) is 8.95. The summed E-state index contributed by atoms with van der Waals surface area (Å²) in [5.74, 6) is 3.41. The second-order valence-electron chi connectivity index (χ2n) is 5.62. The topological polar surface area (TPSA) is 49.3 Å². The van der Waals surface area contributed by atoms with Gasteiger partial charge in [0.15, 0.2) is 5.78 Å². The van der Waals surface area contributed by atoms with Crippen LogP contribution in [0.5, 0.6) is 0 Å². The zero-order valence-corrected chi connectivity index (χ0v) is 12.2. The molecular formula is C14H22N4O. The average molecular weight is 262 g/mol. The monoisotopic (exact) mass is 262 g/mol. The Balaban J connectivity index is 2.21. The van der Waals surface area contributed by atoms with Crippen molar-refractivity contribution in [3.05, 3.63) is 11.9 Å². The van der Waals surface area contributed by atoms with Crippen molar-refractivity contribution in [1.29, 1.82) is 0 Å². The van der Waals surface area contributed by atoms with Crippen LogP contribution in [0.3, 0.4) is 0 Å². The molecule has 5 nitrogen and oxygen atoms in total. The first kappa shape index (κ1) is 13.8. The third-order valence-corrected chi connectivity index (χ3v) is 3.19. The van der Waals surface area contributed by atoms with Gasteiger partial charge >= 0.3 is 0 Å². The number of Topliss-reactive ketones (excluding diaryl/α,β-unsaturated/α-hetero) is 1. The van der Waals surface area contributed by atoms with Crippen molar-refractivity contribution >= 4 is 17.4 Å². The molecule has 0 bridgehead atoms. The van der Waals surface area contributed by atoms with Gasteiger partial charge in [-0.05, 0) is 12.8 Å². The maximum Gasteiger partial charge on any atom is 0.153 e. The van der Waals surface area contributed by atoms with Crippen LogP contribution in [0.15, 0.2) is 6.07 Å². The minimum atomic E-state index is 0.286. The summed E-state index contributed by atoms with van der Waals surface area (Å²) in [6.45, 7) is 8.46. The lowest BCUT2D eigenvalue weighted by molar-refractivity contribution is -0.116. The summed E-state index contributed by atoms with van der Waals surface area (Å²) < 4.78 is 0. The molecular weight excluding hydrogens is 240 g/mol. The summed E-state index contributed by atoms with van der Waals surface area (Å²) in [7, 11) is 2.04. The molecule has 0 aromatic carbocycles. The molecule has 1 aromatic heterocycles. The molecule has 0 aliphatic carbocycles. The van der Waals surface area contributed by atoms with Gasteiger partial charge in [0.25, 0.3) is 0 Å². The largest absolute Gasteiger partial charge is 0.359 e. The number of ketones is 1. The zero-order valence-electron chi connectivity index (χ0n) is 12.2. The highest BCUT2D eigenvalue weighted by Gasteiger charge is 2.21. The minimum absolute atomic E-state index is 0.286. The van der Waals surface area contributed by atoms with E-state index >= 15 is 0 Å². The lowest BCUT2D eigenvalue weighted by Crippen LogP contribution is -2.26. The number of anilines is 2. The Morgan fingerprint density at radius 1 is 1.42 bits per heavy atom. The summed E-state index contributed by atoms with van der Waals surface area (Å²) in [4.78, 5) is 24.5. The van der Waals surface area contributed by atoms with Crippen LogP contribution in [0.1, 0.15) is 26.1 Å². The third-order valence-electron chi connectivity index (χ3n) is 3.19. The molecule has 1 aromatic rings. The third kappa shape index (κ3) is 3.43. The highest BCUT2D eigenvalue weighted by molar-refractivity contribution is 5.86. The van der Waals surface area contributed by atoms with Crippen molar-refractivity contribution in [3.8, 4) is 0 Å². The molecule has 0 unspecified atom stereocenters. The maximum atomic E-state index is 11.4. The summed E-state index contributed by atoms with van der Waals surface area (Å²) in [6.07, 6.45) is 0.625. The Hall–Kier alpha value is -1.65. The van der Waals surface area contributed by atoms with Crippen molar-refractivity contribution in [2.45, 2.75) is 27.2 Å². The van der Waals surface area contributed by atoms with E-state index in [4.69, 9.17) is 0 Å². The maximum absolute atomic E-state index is 11.4. The second kappa shape index (κ2) is 5.55. The smallest absolute Gasteiger partial charge is 0.153 e. The van der Waals surface area contributed by atoms with Gasteiger partial charge in [0.05, 0.1) is 6.54 Å². The molecule has 2 rings (SSSR count). The van der Waals surface area contributed by atoms with Crippen molar-refractivity contribution < 1.29 is 4.79 Å². The van der Waals surface area contributed by atoms with Gasteiger partial charge in [0.1, 0.15) is 17.5 Å². The standard InChI is InChI=1S/C14H22N4O/c1-10(2)8-17(4)13-7-14(16-11(3)15-13)18-6-5-12(19)9-18/h7,10H,5-6,8-9H2,1-4H3. The molecule has 0 spiro atoms. The Kier molecular flexibility index (Phi) is 4.02. The number of rotatable bonds is 4. The van der Waals surface area contributed by atoms with E-state index in [0.29, 0.717) is 18.9 Å². The quantitative estimate of drug-likeness (QED) is 0.826. The highest BCUT2D eigenvalue weighted by Crippen LogP contribution is 2.21. The van der Waals surface area contributed by atoms with E-state index in [1.54, 1.807) is 0 Å². The van der Waals surface area contributed by atoms with E-state index in [1.165, 1.54) is 0 Å². The predicted octanol–water partition coefficient (Wildman–Crippen LogP) is 1.66. The SMILES string of the molecule is Cc1nc(N(C)CC(C)C)cc(N2CCC(=O)C2)n1. The molecule has 5 heteroatoms. The van der Waals surface area contributed by atoms with Crippen molar-refractivity contribution in [2.75, 3.05) is 36.5 Å². The zero-order chi connectivity index (χ0) is 14.0. The van der Waals surface area contributed by atoms with Crippen LogP contribution >= 0.6 is 0 Å². The Morgan fingerprint density at radius 2 is 2.16 bits per heavy atom. The van der Waals surface area contributed by atoms with Crippen molar-refractivity contribution in [1.82, 2.24) is 9.97 Å². The fourth-order valence-electron chi connectivity index (χ4n) is 2.36. The van der Waals surface area contributed by atoms with Gasteiger partial charge in [-0.15, -0.1) is 0 Å². The van der Waals surface area contributed by atoms with Crippen LogP contribution < -0.4 is 9.80 Å². The number of aryl methyl sites for hydroxylation is 1. The van der Waals surface area contributed by atoms with Gasteiger partial charge in [-0.1, -0.05) is 13.8 Å². The fraction of sp³-hybridized carbons (Fsp3) is 0.643. The lowest BCUT2D eigenvalue weighted by Gasteiger charge is -2.23. The van der Waals surface area contributed by atoms with E-state index < -0.39 is 0 Å². The number of aromatic nitrogens is 2. The van der Waals surface area contributed by atoms with Gasteiger partial charge in [-0.2, -0.15) is 0 Å². The lowest BCUT2D eigenvalue weighted by atomic mass is 10.2. The summed E-state index contributed by atoms with van der Waals surface area (Å²) >= 11 is 0. The van der Waals surface area contributed by atoms with Crippen LogP contribution in [0.2, 0.25) is 0 Å². The second-order valence-corrected chi connectivity index (χ2v) is 5.62. The number of carbonyl (C=O) groups excluding carboxylic acids is 1. The van der Waals surface area contributed by atoms with E-state index in [0.717, 1.165) is 30.5 Å². The molecule has 1 aliphatic heterocycles. The molecule has 1 aliphatic rings. The summed E-state index contributed by atoms with van der Waals surface area (Å²) in [5, 5.41) is 0. The molecule has 2 heterocycles. The normalized spacial score (nSPS) is 15.4. The Bertz CT molecular complexity index is 473. The van der Waals surface area contributed by atoms with Crippen LogP contribution in [0, 0.1) is 12.8 Å². The number of hydrogen-bond acceptors (Lipinski definition) is 5. The van der Waals surface area contributed by atoms with Gasteiger partial charge in [0, 0.05) is 32.6 Å². The molecule has 0 radical (unpaired) electrons. The summed E-state index contributed by atoms with van der Waals surface area (Å²) in [5.41, 5.74) is 0.